The molecule has 5 rings (SSSR count). The molecule has 0 unspecified atom stereocenters. The van der Waals surface area contributed by atoms with Gasteiger partial charge >= 0.3 is 11.8 Å². The maximum Gasteiger partial charge on any atom is 0.314 e. The zero-order valence-electron chi connectivity index (χ0n) is 19.4. The minimum absolute atomic E-state index is 0.182. The predicted molar refractivity (Wildman–Crippen MR) is 130 cm³/mol. The smallest absolute Gasteiger partial charge is 0.314 e. The summed E-state index contributed by atoms with van der Waals surface area (Å²) >= 11 is 0. The van der Waals surface area contributed by atoms with Crippen LogP contribution in [0.15, 0.2) is 36.8 Å². The van der Waals surface area contributed by atoms with Crippen LogP contribution in [0.25, 0.3) is 21.8 Å². The Morgan fingerprint density at radius 1 is 1.24 bits per heavy atom. The van der Waals surface area contributed by atoms with Crippen LogP contribution in [0, 0.1) is 5.92 Å². The molecule has 10 nitrogen and oxygen atoms in total. The number of nitrogen functional groups attached to an aromatic ring is 1. The number of nitrogens with two attached hydrogens (primary N) is 1. The molecule has 1 aromatic carbocycles. The van der Waals surface area contributed by atoms with Crippen molar-refractivity contribution in [3.05, 3.63) is 42.4 Å². The van der Waals surface area contributed by atoms with Gasteiger partial charge in [0.15, 0.2) is 0 Å². The molecule has 3 aromatic heterocycles. The SMILES string of the molecule is CC(C)n1cc2cc([C@H]3CC[C@H](C)CN3C(=O)C(=O)Nc3cnc(N)c4cn[nH]c34)ccc2n1. The maximum atomic E-state index is 13.4. The van der Waals surface area contributed by atoms with E-state index in [1.54, 1.807) is 4.90 Å². The van der Waals surface area contributed by atoms with Crippen LogP contribution < -0.4 is 11.1 Å². The van der Waals surface area contributed by atoms with Crippen molar-refractivity contribution in [2.75, 3.05) is 17.6 Å². The van der Waals surface area contributed by atoms with Gasteiger partial charge in [-0.25, -0.2) is 4.98 Å². The van der Waals surface area contributed by atoms with Crippen molar-refractivity contribution < 1.29 is 9.59 Å². The summed E-state index contributed by atoms with van der Waals surface area (Å²) in [6.07, 6.45) is 6.76. The second-order valence-electron chi connectivity index (χ2n) is 9.35. The Labute approximate surface area is 196 Å². The van der Waals surface area contributed by atoms with Crippen LogP contribution in [-0.4, -0.2) is 48.2 Å². The molecule has 2 amide bonds. The van der Waals surface area contributed by atoms with Gasteiger partial charge in [-0.3, -0.25) is 19.4 Å². The molecule has 2 atom stereocenters. The number of carbonyl (C=O) groups is 2. The monoisotopic (exact) mass is 460 g/mol. The van der Waals surface area contributed by atoms with Crippen LogP contribution in [0.5, 0.6) is 0 Å². The fourth-order valence-corrected chi connectivity index (χ4v) is 4.61. The number of fused-ring (bicyclic) bond motifs is 2. The number of aromatic nitrogens is 5. The van der Waals surface area contributed by atoms with Gasteiger partial charge in [-0.1, -0.05) is 13.0 Å². The Hall–Kier alpha value is -3.95. The summed E-state index contributed by atoms with van der Waals surface area (Å²) in [5.74, 6) is -0.679. The molecular weight excluding hydrogens is 432 g/mol. The summed E-state index contributed by atoms with van der Waals surface area (Å²) in [6, 6.07) is 6.16. The maximum absolute atomic E-state index is 13.4. The fourth-order valence-electron chi connectivity index (χ4n) is 4.61. The Balaban J connectivity index is 1.42. The summed E-state index contributed by atoms with van der Waals surface area (Å²) in [6.45, 7) is 6.78. The molecule has 4 heterocycles. The van der Waals surface area contributed by atoms with Gasteiger partial charge in [0, 0.05) is 24.2 Å². The second kappa shape index (κ2) is 8.44. The highest BCUT2D eigenvalue weighted by molar-refractivity contribution is 6.40. The van der Waals surface area contributed by atoms with E-state index in [1.165, 1.54) is 12.4 Å². The number of hydrogen-bond donors (Lipinski definition) is 3. The summed E-state index contributed by atoms with van der Waals surface area (Å²) in [5.41, 5.74) is 8.69. The van der Waals surface area contributed by atoms with E-state index in [4.69, 9.17) is 5.73 Å². The van der Waals surface area contributed by atoms with Crippen molar-refractivity contribution in [3.63, 3.8) is 0 Å². The van der Waals surface area contributed by atoms with Crippen LogP contribution in [0.3, 0.4) is 0 Å². The Morgan fingerprint density at radius 2 is 2.06 bits per heavy atom. The number of rotatable bonds is 3. The number of nitrogens with one attached hydrogen (secondary N) is 2. The molecule has 1 aliphatic heterocycles. The van der Waals surface area contributed by atoms with Crippen molar-refractivity contribution in [3.8, 4) is 0 Å². The van der Waals surface area contributed by atoms with E-state index in [0.29, 0.717) is 34.9 Å². The third-order valence-corrected chi connectivity index (χ3v) is 6.50. The largest absolute Gasteiger partial charge is 0.383 e. The van der Waals surface area contributed by atoms with Crippen molar-refractivity contribution in [1.29, 1.82) is 0 Å². The first-order valence-electron chi connectivity index (χ1n) is 11.5. The van der Waals surface area contributed by atoms with Crippen molar-refractivity contribution in [2.45, 2.75) is 45.7 Å². The van der Waals surface area contributed by atoms with Crippen molar-refractivity contribution in [1.82, 2.24) is 29.9 Å². The predicted octanol–water partition coefficient (Wildman–Crippen LogP) is 3.41. The molecule has 1 fully saturated rings. The van der Waals surface area contributed by atoms with Crippen LogP contribution in [0.4, 0.5) is 11.5 Å². The molecule has 0 aliphatic carbocycles. The molecular formula is C24H28N8O2. The molecule has 0 radical (unpaired) electrons. The van der Waals surface area contributed by atoms with E-state index in [1.807, 2.05) is 23.0 Å². The first-order chi connectivity index (χ1) is 16.3. The Kier molecular flexibility index (Phi) is 5.43. The lowest BCUT2D eigenvalue weighted by molar-refractivity contribution is -0.146. The van der Waals surface area contributed by atoms with Gasteiger partial charge in [0.05, 0.1) is 40.5 Å². The van der Waals surface area contributed by atoms with Crippen LogP contribution >= 0.6 is 0 Å². The molecule has 0 saturated carbocycles. The van der Waals surface area contributed by atoms with Gasteiger partial charge in [-0.2, -0.15) is 10.2 Å². The highest BCUT2D eigenvalue weighted by Gasteiger charge is 2.34. The third kappa shape index (κ3) is 3.85. The summed E-state index contributed by atoms with van der Waals surface area (Å²) in [4.78, 5) is 32.2. The summed E-state index contributed by atoms with van der Waals surface area (Å²) < 4.78 is 1.94. The molecule has 0 bridgehead atoms. The van der Waals surface area contributed by atoms with Gasteiger partial charge in [-0.15, -0.1) is 0 Å². The number of H-pyrrole nitrogens is 1. The number of aromatic amines is 1. The quantitative estimate of drug-likeness (QED) is 0.401. The number of likely N-dealkylation sites (tertiary alicyclic amines) is 1. The van der Waals surface area contributed by atoms with Crippen LogP contribution in [0.1, 0.15) is 51.3 Å². The van der Waals surface area contributed by atoms with Gasteiger partial charge in [0.25, 0.3) is 0 Å². The highest BCUT2D eigenvalue weighted by Crippen LogP contribution is 2.35. The number of anilines is 2. The Bertz CT molecular complexity index is 1390. The Morgan fingerprint density at radius 3 is 2.85 bits per heavy atom. The summed E-state index contributed by atoms with van der Waals surface area (Å²) in [5, 5.41) is 15.7. The minimum atomic E-state index is -0.713. The first-order valence-corrected chi connectivity index (χ1v) is 11.5. The average molecular weight is 461 g/mol. The molecule has 34 heavy (non-hydrogen) atoms. The third-order valence-electron chi connectivity index (χ3n) is 6.50. The van der Waals surface area contributed by atoms with Crippen LogP contribution in [0.2, 0.25) is 0 Å². The number of carbonyl (C=O) groups excluding carboxylic acids is 2. The lowest BCUT2D eigenvalue weighted by Gasteiger charge is -2.38. The van der Waals surface area contributed by atoms with E-state index in [-0.39, 0.29) is 12.1 Å². The molecule has 1 saturated heterocycles. The number of hydrogen-bond acceptors (Lipinski definition) is 6. The molecule has 10 heteroatoms. The standard InChI is InChI=1S/C24H28N8O2/c1-13(2)32-12-16-8-15(5-6-18(16)30-32)20-7-4-14(3)11-31(20)24(34)23(33)28-19-10-26-22(25)17-9-27-29-21(17)19/h5-6,8-10,12-14,20H,4,7,11H2,1-3H3,(H2,25,26)(H,27,29)(H,28,33)/t14-,20+/m0/s1. The van der Waals surface area contributed by atoms with E-state index >= 15 is 0 Å². The van der Waals surface area contributed by atoms with E-state index in [2.05, 4.69) is 52.4 Å². The first kappa shape index (κ1) is 21.9. The van der Waals surface area contributed by atoms with Gasteiger partial charge in [0.1, 0.15) is 5.82 Å². The van der Waals surface area contributed by atoms with E-state index in [9.17, 15) is 9.59 Å². The molecule has 4 aromatic rings. The normalized spacial score (nSPS) is 18.6. The zero-order valence-corrected chi connectivity index (χ0v) is 19.4. The zero-order chi connectivity index (χ0) is 24.0. The van der Waals surface area contributed by atoms with E-state index < -0.39 is 11.8 Å². The van der Waals surface area contributed by atoms with E-state index in [0.717, 1.165) is 29.3 Å². The number of piperidine rings is 1. The van der Waals surface area contributed by atoms with Gasteiger partial charge in [0.2, 0.25) is 0 Å². The highest BCUT2D eigenvalue weighted by atomic mass is 16.2. The number of nitrogens with zero attached hydrogens (tertiary/aromatic N) is 5. The topological polar surface area (TPSA) is 135 Å². The molecule has 176 valence electrons. The molecule has 1 aliphatic rings. The minimum Gasteiger partial charge on any atom is -0.383 e. The second-order valence-corrected chi connectivity index (χ2v) is 9.35. The van der Waals surface area contributed by atoms with Gasteiger partial charge in [-0.05, 0) is 50.3 Å². The lowest BCUT2D eigenvalue weighted by atomic mass is 9.89. The van der Waals surface area contributed by atoms with Crippen molar-refractivity contribution >= 4 is 45.1 Å². The van der Waals surface area contributed by atoms with Gasteiger partial charge < -0.3 is 16.0 Å². The van der Waals surface area contributed by atoms with Crippen LogP contribution in [-0.2, 0) is 9.59 Å². The average Bonchev–Trinajstić information content (AvgIpc) is 3.48. The fraction of sp³-hybridized carbons (Fsp3) is 0.375. The lowest BCUT2D eigenvalue weighted by Crippen LogP contribution is -2.46. The molecule has 0 spiro atoms. The van der Waals surface area contributed by atoms with Crippen molar-refractivity contribution in [2.24, 2.45) is 5.92 Å². The molecule has 4 N–H and O–H groups in total. The number of amides is 2. The number of pyridine rings is 1. The summed E-state index contributed by atoms with van der Waals surface area (Å²) in [7, 11) is 0. The number of benzene rings is 1.